The lowest BCUT2D eigenvalue weighted by Crippen LogP contribution is -2.40. The van der Waals surface area contributed by atoms with Gasteiger partial charge in [0, 0.05) is 39.1 Å². The number of aliphatic imine (C=N–C) groups is 1. The maximum atomic E-state index is 4.46. The van der Waals surface area contributed by atoms with Crippen molar-refractivity contribution in [2.24, 2.45) is 18.0 Å². The number of nitrogens with one attached hydrogen (secondary N) is 1. The molecule has 1 aliphatic heterocycles. The second-order valence-electron chi connectivity index (χ2n) is 6.30. The topological polar surface area (TPSA) is 32.6 Å². The first-order valence-corrected chi connectivity index (χ1v) is 8.36. The zero-order chi connectivity index (χ0) is 16.1. The molecule has 0 bridgehead atoms. The molecule has 1 unspecified atom stereocenters. The fourth-order valence-corrected chi connectivity index (χ4v) is 3.32. The number of hydrogen-bond acceptors (Lipinski definition) is 1. The van der Waals surface area contributed by atoms with Gasteiger partial charge in [-0.2, -0.15) is 0 Å². The number of aromatic nitrogens is 1. The van der Waals surface area contributed by atoms with Gasteiger partial charge in [-0.3, -0.25) is 4.99 Å². The summed E-state index contributed by atoms with van der Waals surface area (Å²) in [5.74, 6) is 1.73. The summed E-state index contributed by atoms with van der Waals surface area (Å²) < 4.78 is 2.14. The molecule has 2 heterocycles. The highest BCUT2D eigenvalue weighted by molar-refractivity contribution is 5.80. The Morgan fingerprint density at radius 3 is 2.74 bits per heavy atom. The van der Waals surface area contributed by atoms with E-state index in [2.05, 4.69) is 75.5 Å². The van der Waals surface area contributed by atoms with Gasteiger partial charge < -0.3 is 14.8 Å². The maximum Gasteiger partial charge on any atom is 0.193 e. The Kier molecular flexibility index (Phi) is 5.01. The highest BCUT2D eigenvalue weighted by Crippen LogP contribution is 2.20. The molecule has 0 saturated carbocycles. The van der Waals surface area contributed by atoms with Gasteiger partial charge >= 0.3 is 0 Å². The summed E-state index contributed by atoms with van der Waals surface area (Å²) in [7, 11) is 3.95. The fourth-order valence-electron chi connectivity index (χ4n) is 3.32. The predicted molar refractivity (Wildman–Crippen MR) is 95.4 cm³/mol. The van der Waals surface area contributed by atoms with Crippen LogP contribution in [-0.4, -0.2) is 35.6 Å². The molecule has 1 aromatic heterocycles. The van der Waals surface area contributed by atoms with Gasteiger partial charge in [-0.25, -0.2) is 0 Å². The second kappa shape index (κ2) is 7.36. The second-order valence-corrected chi connectivity index (χ2v) is 6.30. The fraction of sp³-hybridized carbons (Fsp3) is 0.421. The monoisotopic (exact) mass is 310 g/mol. The van der Waals surface area contributed by atoms with Gasteiger partial charge in [-0.15, -0.1) is 0 Å². The van der Waals surface area contributed by atoms with E-state index >= 15 is 0 Å². The molecular weight excluding hydrogens is 284 g/mol. The molecule has 3 rings (SSSR count). The van der Waals surface area contributed by atoms with Crippen LogP contribution in [0.1, 0.15) is 17.7 Å². The molecule has 4 nitrogen and oxygen atoms in total. The van der Waals surface area contributed by atoms with Gasteiger partial charge in [-0.1, -0.05) is 30.3 Å². The van der Waals surface area contributed by atoms with Crippen molar-refractivity contribution in [1.82, 2.24) is 14.8 Å². The quantitative estimate of drug-likeness (QED) is 0.695. The first-order chi connectivity index (χ1) is 11.3. The van der Waals surface area contributed by atoms with Crippen LogP contribution in [0.4, 0.5) is 0 Å². The van der Waals surface area contributed by atoms with E-state index in [1.54, 1.807) is 0 Å². The molecule has 1 fully saturated rings. The Morgan fingerprint density at radius 2 is 2.04 bits per heavy atom. The minimum Gasteiger partial charge on any atom is -0.353 e. The largest absolute Gasteiger partial charge is 0.353 e. The van der Waals surface area contributed by atoms with E-state index in [0.717, 1.165) is 32.0 Å². The van der Waals surface area contributed by atoms with Crippen LogP contribution >= 0.6 is 0 Å². The van der Waals surface area contributed by atoms with Crippen molar-refractivity contribution in [2.75, 3.05) is 20.1 Å². The first kappa shape index (κ1) is 15.7. The molecule has 1 atom stereocenters. The summed E-state index contributed by atoms with van der Waals surface area (Å²) in [6.07, 6.45) is 4.47. The molecule has 0 amide bonds. The molecule has 1 saturated heterocycles. The maximum absolute atomic E-state index is 4.46. The first-order valence-electron chi connectivity index (χ1n) is 8.36. The van der Waals surface area contributed by atoms with Crippen molar-refractivity contribution in [3.8, 4) is 0 Å². The Morgan fingerprint density at radius 1 is 1.22 bits per heavy atom. The smallest absolute Gasteiger partial charge is 0.193 e. The SMILES string of the molecule is CN=C(NCc1cccn1C)N1CCC(Cc2ccccc2)C1. The van der Waals surface area contributed by atoms with Crippen LogP contribution in [-0.2, 0) is 20.0 Å². The third-order valence-corrected chi connectivity index (χ3v) is 4.64. The van der Waals surface area contributed by atoms with E-state index in [-0.39, 0.29) is 0 Å². The average molecular weight is 310 g/mol. The van der Waals surface area contributed by atoms with Crippen molar-refractivity contribution < 1.29 is 0 Å². The summed E-state index contributed by atoms with van der Waals surface area (Å²) >= 11 is 0. The van der Waals surface area contributed by atoms with E-state index in [1.807, 2.05) is 7.05 Å². The van der Waals surface area contributed by atoms with Crippen molar-refractivity contribution in [1.29, 1.82) is 0 Å². The number of nitrogens with zero attached hydrogens (tertiary/aromatic N) is 3. The molecule has 1 aliphatic rings. The summed E-state index contributed by atoms with van der Waals surface area (Å²) in [5, 5.41) is 3.49. The highest BCUT2D eigenvalue weighted by atomic mass is 15.3. The Bertz CT molecular complexity index is 644. The molecule has 0 spiro atoms. The van der Waals surface area contributed by atoms with Crippen LogP contribution in [0.5, 0.6) is 0 Å². The van der Waals surface area contributed by atoms with Crippen LogP contribution in [0, 0.1) is 5.92 Å². The Balaban J connectivity index is 1.53. The van der Waals surface area contributed by atoms with Crippen LogP contribution in [0.3, 0.4) is 0 Å². The van der Waals surface area contributed by atoms with E-state index < -0.39 is 0 Å². The van der Waals surface area contributed by atoms with Crippen molar-refractivity contribution >= 4 is 5.96 Å². The molecule has 122 valence electrons. The van der Waals surface area contributed by atoms with Crippen molar-refractivity contribution in [3.05, 3.63) is 59.9 Å². The molecule has 4 heteroatoms. The Labute approximate surface area is 138 Å². The summed E-state index contributed by atoms with van der Waals surface area (Å²) in [4.78, 5) is 6.85. The molecule has 1 aromatic carbocycles. The van der Waals surface area contributed by atoms with Crippen LogP contribution in [0.2, 0.25) is 0 Å². The number of benzene rings is 1. The molecular formula is C19H26N4. The van der Waals surface area contributed by atoms with Crippen molar-refractivity contribution in [2.45, 2.75) is 19.4 Å². The lowest BCUT2D eigenvalue weighted by Gasteiger charge is -2.22. The normalized spacial score (nSPS) is 18.4. The van der Waals surface area contributed by atoms with Gasteiger partial charge in [0.25, 0.3) is 0 Å². The molecule has 1 N–H and O–H groups in total. The van der Waals surface area contributed by atoms with E-state index in [9.17, 15) is 0 Å². The van der Waals surface area contributed by atoms with Gasteiger partial charge in [0.2, 0.25) is 0 Å². The van der Waals surface area contributed by atoms with E-state index in [1.165, 1.54) is 17.7 Å². The number of likely N-dealkylation sites (tertiary alicyclic amines) is 1. The molecule has 0 aliphatic carbocycles. The molecule has 0 radical (unpaired) electrons. The number of rotatable bonds is 4. The standard InChI is InChI=1S/C19H26N4/c1-20-19(21-14-18-9-6-11-22(18)2)23-12-10-17(15-23)13-16-7-4-3-5-8-16/h3-9,11,17H,10,12-15H2,1-2H3,(H,20,21). The summed E-state index contributed by atoms with van der Waals surface area (Å²) in [6, 6.07) is 15.0. The zero-order valence-corrected chi connectivity index (χ0v) is 14.1. The number of guanidine groups is 1. The van der Waals surface area contributed by atoms with Crippen molar-refractivity contribution in [3.63, 3.8) is 0 Å². The van der Waals surface area contributed by atoms with Crippen LogP contribution in [0.25, 0.3) is 0 Å². The molecule has 2 aromatic rings. The summed E-state index contributed by atoms with van der Waals surface area (Å²) in [5.41, 5.74) is 2.71. The number of aryl methyl sites for hydroxylation is 1. The third-order valence-electron chi connectivity index (χ3n) is 4.64. The highest BCUT2D eigenvalue weighted by Gasteiger charge is 2.24. The van der Waals surface area contributed by atoms with Gasteiger partial charge in [0.1, 0.15) is 0 Å². The van der Waals surface area contributed by atoms with Crippen LogP contribution in [0.15, 0.2) is 53.7 Å². The predicted octanol–water partition coefficient (Wildman–Crippen LogP) is 2.67. The minimum absolute atomic E-state index is 0.714. The van der Waals surface area contributed by atoms with E-state index in [0.29, 0.717) is 5.92 Å². The van der Waals surface area contributed by atoms with Crippen LogP contribution < -0.4 is 5.32 Å². The van der Waals surface area contributed by atoms with Gasteiger partial charge in [0.15, 0.2) is 5.96 Å². The zero-order valence-electron chi connectivity index (χ0n) is 14.1. The summed E-state index contributed by atoms with van der Waals surface area (Å²) in [6.45, 7) is 2.99. The molecule has 23 heavy (non-hydrogen) atoms. The van der Waals surface area contributed by atoms with E-state index in [4.69, 9.17) is 0 Å². The average Bonchev–Trinajstić information content (AvgIpc) is 3.19. The minimum atomic E-state index is 0.714. The lowest BCUT2D eigenvalue weighted by molar-refractivity contribution is 0.459. The Hall–Kier alpha value is -2.23. The van der Waals surface area contributed by atoms with Gasteiger partial charge in [-0.05, 0) is 36.5 Å². The third kappa shape index (κ3) is 3.95. The number of hydrogen-bond donors (Lipinski definition) is 1. The lowest BCUT2D eigenvalue weighted by atomic mass is 9.99. The van der Waals surface area contributed by atoms with Gasteiger partial charge in [0.05, 0.1) is 6.54 Å².